The molecule has 1 aromatic carbocycles. The number of halogens is 1. The minimum absolute atomic E-state index is 0.111. The van der Waals surface area contributed by atoms with Gasteiger partial charge < -0.3 is 10.4 Å². The first-order valence-electron chi connectivity index (χ1n) is 6.28. The summed E-state index contributed by atoms with van der Waals surface area (Å²) in [6.45, 7) is 0. The summed E-state index contributed by atoms with van der Waals surface area (Å²) in [5.41, 5.74) is 1.56. The van der Waals surface area contributed by atoms with Crippen molar-refractivity contribution in [1.29, 1.82) is 0 Å². The molecule has 0 aliphatic heterocycles. The van der Waals surface area contributed by atoms with Crippen LogP contribution in [0, 0.1) is 0 Å². The van der Waals surface area contributed by atoms with Crippen molar-refractivity contribution in [2.45, 2.75) is 12.8 Å². The highest BCUT2D eigenvalue weighted by Crippen LogP contribution is 2.21. The van der Waals surface area contributed by atoms with E-state index in [4.69, 9.17) is 5.11 Å². The number of anilines is 1. The number of carbonyl (C=O) groups is 2. The molecule has 1 heterocycles. The van der Waals surface area contributed by atoms with Gasteiger partial charge in [0.15, 0.2) is 0 Å². The van der Waals surface area contributed by atoms with Crippen molar-refractivity contribution in [1.82, 2.24) is 4.98 Å². The predicted molar refractivity (Wildman–Crippen MR) is 82.3 cm³/mol. The fourth-order valence-electron chi connectivity index (χ4n) is 1.79. The van der Waals surface area contributed by atoms with E-state index in [0.29, 0.717) is 23.0 Å². The standard InChI is InChI=1S/C15H13BrN2O3/c16-13-5-4-11(8-12(13)15(20)21)18-14(19)6-3-10-2-1-7-17-9-10/h1-2,4-5,7-9H,3,6H2,(H,18,19)(H,20,21). The van der Waals surface area contributed by atoms with Gasteiger partial charge in [0.1, 0.15) is 0 Å². The van der Waals surface area contributed by atoms with Crippen molar-refractivity contribution in [2.24, 2.45) is 0 Å². The zero-order chi connectivity index (χ0) is 15.2. The van der Waals surface area contributed by atoms with Crippen LogP contribution in [0.5, 0.6) is 0 Å². The molecule has 0 saturated carbocycles. The highest BCUT2D eigenvalue weighted by molar-refractivity contribution is 9.10. The third kappa shape index (κ3) is 4.39. The highest BCUT2D eigenvalue weighted by atomic mass is 79.9. The lowest BCUT2D eigenvalue weighted by molar-refractivity contribution is -0.116. The Morgan fingerprint density at radius 1 is 1.29 bits per heavy atom. The minimum Gasteiger partial charge on any atom is -0.478 e. The summed E-state index contributed by atoms with van der Waals surface area (Å²) in [7, 11) is 0. The summed E-state index contributed by atoms with van der Waals surface area (Å²) in [5, 5.41) is 11.7. The number of benzene rings is 1. The van der Waals surface area contributed by atoms with E-state index in [2.05, 4.69) is 26.2 Å². The monoisotopic (exact) mass is 348 g/mol. The number of rotatable bonds is 5. The molecule has 0 saturated heterocycles. The number of carboxylic acids is 1. The zero-order valence-electron chi connectivity index (χ0n) is 11.0. The molecule has 0 bridgehead atoms. The Hall–Kier alpha value is -2.21. The maximum Gasteiger partial charge on any atom is 0.336 e. The highest BCUT2D eigenvalue weighted by Gasteiger charge is 2.10. The lowest BCUT2D eigenvalue weighted by atomic mass is 10.1. The maximum absolute atomic E-state index is 11.9. The Kier molecular flexibility index (Phi) is 5.05. The van der Waals surface area contributed by atoms with Crippen molar-refractivity contribution in [3.8, 4) is 0 Å². The molecule has 1 aromatic heterocycles. The summed E-state index contributed by atoms with van der Waals surface area (Å²) >= 11 is 3.16. The molecule has 0 aliphatic carbocycles. The van der Waals surface area contributed by atoms with E-state index in [1.54, 1.807) is 24.5 Å². The van der Waals surface area contributed by atoms with Crippen molar-refractivity contribution in [3.63, 3.8) is 0 Å². The number of carboxylic acid groups (broad SMARTS) is 1. The van der Waals surface area contributed by atoms with E-state index in [1.807, 2.05) is 12.1 Å². The van der Waals surface area contributed by atoms with E-state index in [1.165, 1.54) is 6.07 Å². The summed E-state index contributed by atoms with van der Waals surface area (Å²) in [5.74, 6) is -1.22. The molecule has 0 fully saturated rings. The fourth-order valence-corrected chi connectivity index (χ4v) is 2.21. The molecular weight excluding hydrogens is 336 g/mol. The molecule has 0 radical (unpaired) electrons. The molecule has 0 spiro atoms. The molecule has 1 amide bonds. The topological polar surface area (TPSA) is 79.3 Å². The first-order valence-corrected chi connectivity index (χ1v) is 7.07. The van der Waals surface area contributed by atoms with Crippen LogP contribution in [0.25, 0.3) is 0 Å². The number of hydrogen-bond donors (Lipinski definition) is 2. The smallest absolute Gasteiger partial charge is 0.336 e. The number of aromatic nitrogens is 1. The first-order chi connectivity index (χ1) is 10.1. The number of amides is 1. The predicted octanol–water partition coefficient (Wildman–Crippen LogP) is 3.11. The lowest BCUT2D eigenvalue weighted by Crippen LogP contribution is -2.13. The average Bonchev–Trinajstić information content (AvgIpc) is 2.48. The van der Waals surface area contributed by atoms with E-state index in [0.717, 1.165) is 5.56 Å². The van der Waals surface area contributed by atoms with E-state index < -0.39 is 5.97 Å². The molecule has 2 N–H and O–H groups in total. The van der Waals surface area contributed by atoms with Crippen LogP contribution in [0.1, 0.15) is 22.3 Å². The maximum atomic E-state index is 11.9. The molecule has 5 nitrogen and oxygen atoms in total. The van der Waals surface area contributed by atoms with Crippen molar-refractivity contribution >= 4 is 33.5 Å². The molecular formula is C15H13BrN2O3. The normalized spacial score (nSPS) is 10.1. The van der Waals surface area contributed by atoms with Crippen LogP contribution < -0.4 is 5.32 Å². The second-order valence-corrected chi connectivity index (χ2v) is 5.26. The van der Waals surface area contributed by atoms with Gasteiger partial charge in [-0.2, -0.15) is 0 Å². The SMILES string of the molecule is O=C(CCc1cccnc1)Nc1ccc(Br)c(C(=O)O)c1. The Bertz CT molecular complexity index is 659. The van der Waals surface area contributed by atoms with Gasteiger partial charge in [-0.1, -0.05) is 6.07 Å². The van der Waals surface area contributed by atoms with Crippen LogP contribution in [-0.2, 0) is 11.2 Å². The van der Waals surface area contributed by atoms with Crippen molar-refractivity contribution in [3.05, 3.63) is 58.3 Å². The summed E-state index contributed by atoms with van der Waals surface area (Å²) in [6.07, 6.45) is 4.29. The quantitative estimate of drug-likeness (QED) is 0.869. The van der Waals surface area contributed by atoms with Gasteiger partial charge >= 0.3 is 5.97 Å². The first kappa shape index (κ1) is 15.2. The Balaban J connectivity index is 1.97. The van der Waals surface area contributed by atoms with Crippen LogP contribution in [-0.4, -0.2) is 22.0 Å². The van der Waals surface area contributed by atoms with Gasteiger partial charge in [-0.3, -0.25) is 9.78 Å². The van der Waals surface area contributed by atoms with Gasteiger partial charge in [0.2, 0.25) is 5.91 Å². The van der Waals surface area contributed by atoms with Crippen LogP contribution in [0.3, 0.4) is 0 Å². The van der Waals surface area contributed by atoms with E-state index in [-0.39, 0.29) is 11.5 Å². The fraction of sp³-hybridized carbons (Fsp3) is 0.133. The third-order valence-electron chi connectivity index (χ3n) is 2.84. The number of hydrogen-bond acceptors (Lipinski definition) is 3. The second-order valence-electron chi connectivity index (χ2n) is 4.41. The number of carbonyl (C=O) groups excluding carboxylic acids is 1. The molecule has 0 unspecified atom stereocenters. The Morgan fingerprint density at radius 2 is 2.10 bits per heavy atom. The molecule has 0 aliphatic rings. The van der Waals surface area contributed by atoms with Gasteiger partial charge in [-0.15, -0.1) is 0 Å². The second kappa shape index (κ2) is 6.99. The van der Waals surface area contributed by atoms with Crippen LogP contribution in [0.4, 0.5) is 5.69 Å². The summed E-state index contributed by atoms with van der Waals surface area (Å²) in [4.78, 5) is 26.9. The van der Waals surface area contributed by atoms with Crippen molar-refractivity contribution < 1.29 is 14.7 Å². The van der Waals surface area contributed by atoms with Gasteiger partial charge in [-0.05, 0) is 52.2 Å². The van der Waals surface area contributed by atoms with Gasteiger partial charge in [-0.25, -0.2) is 4.79 Å². The molecule has 21 heavy (non-hydrogen) atoms. The van der Waals surface area contributed by atoms with Crippen molar-refractivity contribution in [2.75, 3.05) is 5.32 Å². The number of aromatic carboxylic acids is 1. The van der Waals surface area contributed by atoms with Crippen LogP contribution >= 0.6 is 15.9 Å². The van der Waals surface area contributed by atoms with E-state index in [9.17, 15) is 9.59 Å². The summed E-state index contributed by atoms with van der Waals surface area (Å²) in [6, 6.07) is 8.40. The van der Waals surface area contributed by atoms with E-state index >= 15 is 0 Å². The molecule has 2 rings (SSSR count). The zero-order valence-corrected chi connectivity index (χ0v) is 12.6. The molecule has 0 atom stereocenters. The minimum atomic E-state index is -1.05. The Morgan fingerprint density at radius 3 is 2.76 bits per heavy atom. The number of pyridine rings is 1. The van der Waals surface area contributed by atoms with Crippen LogP contribution in [0.15, 0.2) is 47.2 Å². The molecule has 6 heteroatoms. The average molecular weight is 349 g/mol. The summed E-state index contributed by atoms with van der Waals surface area (Å²) < 4.78 is 0.475. The Labute approximate surface area is 130 Å². The largest absolute Gasteiger partial charge is 0.478 e. The van der Waals surface area contributed by atoms with Crippen LogP contribution in [0.2, 0.25) is 0 Å². The van der Waals surface area contributed by atoms with Gasteiger partial charge in [0.25, 0.3) is 0 Å². The molecule has 2 aromatic rings. The lowest BCUT2D eigenvalue weighted by Gasteiger charge is -2.07. The number of aryl methyl sites for hydroxylation is 1. The third-order valence-corrected chi connectivity index (χ3v) is 3.54. The number of nitrogens with one attached hydrogen (secondary N) is 1. The van der Waals surface area contributed by atoms with Gasteiger partial charge in [0, 0.05) is 29.0 Å². The van der Waals surface area contributed by atoms with Gasteiger partial charge in [0.05, 0.1) is 5.56 Å². The molecule has 108 valence electrons. The number of nitrogens with zero attached hydrogens (tertiary/aromatic N) is 1.